The van der Waals surface area contributed by atoms with Gasteiger partial charge in [-0.05, 0) is 237 Å². The monoisotopic (exact) mass is 1330 g/mol. The van der Waals surface area contributed by atoms with Crippen LogP contribution in [-0.4, -0.2) is 0 Å². The summed E-state index contributed by atoms with van der Waals surface area (Å²) in [6.45, 7) is 7.74. The van der Waals surface area contributed by atoms with Crippen LogP contribution in [0.2, 0.25) is 0 Å². The van der Waals surface area contributed by atoms with Crippen molar-refractivity contribution in [3.63, 3.8) is 0 Å². The SMILES string of the molecule is C=Cc1ccc(Oc2ccc(C3(c4c(F)cccc4F)c4ccccc4-c4ccc(N(c5ccc(F)cc5)c5cccc6oc7cccc(N(c8ccc(F)cc8)c8ccc9c(c8)C(c8ccc(Oc%10ccc(C=C)cc%10)cc8)(c8c(F)cccc8F)c8ccccc8-9)c7c56)cc43)cc2)cc1. The summed E-state index contributed by atoms with van der Waals surface area (Å²) in [5.74, 6) is -1.81. The third-order valence-electron chi connectivity index (χ3n) is 19.7. The summed E-state index contributed by atoms with van der Waals surface area (Å²) in [5.41, 5.74) is 8.99. The smallest absolute Gasteiger partial charge is 0.137 e. The molecule has 2 atom stereocenters. The molecule has 2 aliphatic rings. The first kappa shape index (κ1) is 61.7. The zero-order valence-electron chi connectivity index (χ0n) is 53.8. The zero-order chi connectivity index (χ0) is 68.7. The Labute approximate surface area is 578 Å². The zero-order valence-corrected chi connectivity index (χ0v) is 53.8. The first-order valence-corrected chi connectivity index (χ1v) is 32.9. The minimum atomic E-state index is -1.61. The highest BCUT2D eigenvalue weighted by Gasteiger charge is 2.51. The molecule has 1 heterocycles. The Hall–Kier alpha value is -12.9. The van der Waals surface area contributed by atoms with Crippen molar-refractivity contribution in [3.8, 4) is 45.3 Å². The van der Waals surface area contributed by atoms with Gasteiger partial charge in [-0.2, -0.15) is 0 Å². The van der Waals surface area contributed by atoms with Gasteiger partial charge in [-0.3, -0.25) is 0 Å². The van der Waals surface area contributed by atoms with Crippen molar-refractivity contribution >= 4 is 68.2 Å². The average Bonchev–Trinajstić information content (AvgIpc) is 1.55. The Bertz CT molecular complexity index is 5380. The molecular formula is C90H56F6N2O3. The van der Waals surface area contributed by atoms with Gasteiger partial charge in [0.05, 0.1) is 33.0 Å². The number of rotatable bonds is 16. The van der Waals surface area contributed by atoms with E-state index in [1.54, 1.807) is 60.7 Å². The summed E-state index contributed by atoms with van der Waals surface area (Å²) in [4.78, 5) is 3.96. The molecule has 0 amide bonds. The van der Waals surface area contributed by atoms with Crippen LogP contribution < -0.4 is 19.3 Å². The van der Waals surface area contributed by atoms with Gasteiger partial charge in [-0.25, -0.2) is 26.3 Å². The first-order chi connectivity index (χ1) is 49.4. The third-order valence-corrected chi connectivity index (χ3v) is 19.7. The van der Waals surface area contributed by atoms with Crippen LogP contribution in [0.5, 0.6) is 23.0 Å². The predicted octanol–water partition coefficient (Wildman–Crippen LogP) is 25.0. The maximum atomic E-state index is 17.4. The first-order valence-electron chi connectivity index (χ1n) is 32.9. The Morgan fingerprint density at radius 2 is 0.634 bits per heavy atom. The van der Waals surface area contributed by atoms with Crippen molar-refractivity contribution in [2.75, 3.05) is 9.80 Å². The molecule has 0 saturated heterocycles. The topological polar surface area (TPSA) is 38.1 Å². The largest absolute Gasteiger partial charge is 0.457 e. The Morgan fingerprint density at radius 1 is 0.307 bits per heavy atom. The standard InChI is InChI=1S/C90H56F6N2O3/c1-3-55-25-43-65(44-26-55)99-67-47-29-57(30-48-67)89(87-77(93)17-9-18-78(87)94)73-15-7-5-13-69(73)71-51-41-63(53-75(71)89)97(61-37-33-59(91)34-38-61)81-21-11-23-83-85(81)86-82(22-12-24-84(86)101-83)98(62-39-35-60(92)36-40-62)64-42-52-72-70-14-6-8-16-74(70)90(76(72)54-64,88-79(95)19-10-20-80(88)96)58-31-49-68(50-32-58)100-66-45-27-56(4-2)28-46-66/h3-54H,1-2H2. The molecule has 486 valence electrons. The fourth-order valence-corrected chi connectivity index (χ4v) is 15.4. The molecule has 101 heavy (non-hydrogen) atoms. The van der Waals surface area contributed by atoms with E-state index in [9.17, 15) is 0 Å². The number of nitrogens with zero attached hydrogens (tertiary/aromatic N) is 2. The van der Waals surface area contributed by atoms with Gasteiger partial charge in [0, 0.05) is 33.9 Å². The van der Waals surface area contributed by atoms with Crippen molar-refractivity contribution in [2.45, 2.75) is 10.8 Å². The van der Waals surface area contributed by atoms with Crippen LogP contribution in [0.3, 0.4) is 0 Å². The van der Waals surface area contributed by atoms with Crippen LogP contribution in [0.1, 0.15) is 55.6 Å². The van der Waals surface area contributed by atoms with Crippen LogP contribution in [0.15, 0.2) is 321 Å². The van der Waals surface area contributed by atoms with E-state index < -0.39 is 45.7 Å². The lowest BCUT2D eigenvalue weighted by Crippen LogP contribution is -2.31. The van der Waals surface area contributed by atoms with Gasteiger partial charge in [0.25, 0.3) is 0 Å². The average molecular weight is 1330 g/mol. The summed E-state index contributed by atoms with van der Waals surface area (Å²) in [6, 6.07) is 87.9. The van der Waals surface area contributed by atoms with E-state index >= 15 is 26.3 Å². The Balaban J connectivity index is 0.874. The molecular weight excluding hydrogens is 1270 g/mol. The Morgan fingerprint density at radius 3 is 1.00 bits per heavy atom. The van der Waals surface area contributed by atoms with Gasteiger partial charge in [0.2, 0.25) is 0 Å². The normalized spacial score (nSPS) is 14.8. The summed E-state index contributed by atoms with van der Waals surface area (Å²) in [6.07, 6.45) is 3.49. The Kier molecular flexibility index (Phi) is 15.0. The fourth-order valence-electron chi connectivity index (χ4n) is 15.4. The molecule has 1 aromatic heterocycles. The van der Waals surface area contributed by atoms with E-state index in [0.717, 1.165) is 33.4 Å². The molecule has 17 rings (SSSR count). The van der Waals surface area contributed by atoms with Gasteiger partial charge in [-0.15, -0.1) is 0 Å². The summed E-state index contributed by atoms with van der Waals surface area (Å²) in [7, 11) is 0. The van der Waals surface area contributed by atoms with E-state index in [-0.39, 0.29) is 11.1 Å². The highest BCUT2D eigenvalue weighted by molar-refractivity contribution is 6.19. The molecule has 0 saturated carbocycles. The molecule has 0 radical (unpaired) electrons. The summed E-state index contributed by atoms with van der Waals surface area (Å²) in [5, 5.41) is 1.21. The number of fused-ring (bicyclic) bond motifs is 9. The predicted molar refractivity (Wildman–Crippen MR) is 391 cm³/mol. The van der Waals surface area contributed by atoms with Crippen LogP contribution in [-0.2, 0) is 10.8 Å². The lowest BCUT2D eigenvalue weighted by atomic mass is 9.67. The quantitative estimate of drug-likeness (QED) is 0.0902. The molecule has 0 spiro atoms. The number of ether oxygens (including phenoxy) is 2. The number of halogens is 6. The van der Waals surface area contributed by atoms with Gasteiger partial charge >= 0.3 is 0 Å². The molecule has 2 aliphatic carbocycles. The van der Waals surface area contributed by atoms with Crippen molar-refractivity contribution in [2.24, 2.45) is 0 Å². The van der Waals surface area contributed by atoms with Gasteiger partial charge in [0.1, 0.15) is 69.1 Å². The van der Waals surface area contributed by atoms with Gasteiger partial charge in [0.15, 0.2) is 0 Å². The minimum Gasteiger partial charge on any atom is -0.457 e. The maximum absolute atomic E-state index is 17.4. The van der Waals surface area contributed by atoms with E-state index in [1.165, 1.54) is 60.7 Å². The highest BCUT2D eigenvalue weighted by atomic mass is 19.2. The van der Waals surface area contributed by atoms with Crippen LogP contribution in [0, 0.1) is 34.9 Å². The van der Waals surface area contributed by atoms with Crippen LogP contribution in [0.4, 0.5) is 60.5 Å². The molecule has 0 aliphatic heterocycles. The lowest BCUT2D eigenvalue weighted by molar-refractivity contribution is 0.481. The molecule has 15 aromatic rings. The summed E-state index contributed by atoms with van der Waals surface area (Å²) >= 11 is 0. The lowest BCUT2D eigenvalue weighted by Gasteiger charge is -2.35. The molecule has 0 bridgehead atoms. The second-order valence-electron chi connectivity index (χ2n) is 25.1. The molecule has 2 unspecified atom stereocenters. The molecule has 11 heteroatoms. The van der Waals surface area contributed by atoms with E-state index in [1.807, 2.05) is 204 Å². The van der Waals surface area contributed by atoms with Gasteiger partial charge in [-0.1, -0.05) is 159 Å². The minimum absolute atomic E-state index is 0.181. The number of hydrogen-bond donors (Lipinski definition) is 0. The van der Waals surface area contributed by atoms with E-state index in [4.69, 9.17) is 13.9 Å². The number of benzene rings is 14. The van der Waals surface area contributed by atoms with Crippen molar-refractivity contribution in [1.82, 2.24) is 0 Å². The van der Waals surface area contributed by atoms with Crippen molar-refractivity contribution in [1.29, 1.82) is 0 Å². The van der Waals surface area contributed by atoms with Gasteiger partial charge < -0.3 is 23.7 Å². The molecule has 14 aromatic carbocycles. The van der Waals surface area contributed by atoms with Crippen molar-refractivity contribution in [3.05, 3.63) is 407 Å². The second-order valence-corrected chi connectivity index (χ2v) is 25.1. The fraction of sp³-hybridized carbons (Fsp3) is 0.0222. The van der Waals surface area contributed by atoms with Crippen molar-refractivity contribution < 1.29 is 40.2 Å². The number of furan rings is 1. The van der Waals surface area contributed by atoms with E-state index in [2.05, 4.69) is 13.2 Å². The third kappa shape index (κ3) is 10.0. The molecule has 5 nitrogen and oxygen atoms in total. The van der Waals surface area contributed by atoms with Crippen LogP contribution >= 0.6 is 0 Å². The number of hydrogen-bond acceptors (Lipinski definition) is 5. The molecule has 0 N–H and O–H groups in total. The summed E-state index contributed by atoms with van der Waals surface area (Å²) < 4.78 is 120. The number of anilines is 6. The van der Waals surface area contributed by atoms with E-state index in [0.29, 0.717) is 112 Å². The molecule has 0 fully saturated rings. The highest BCUT2D eigenvalue weighted by Crippen LogP contribution is 2.61. The maximum Gasteiger partial charge on any atom is 0.137 e. The van der Waals surface area contributed by atoms with Crippen LogP contribution in [0.25, 0.3) is 56.3 Å². The second kappa shape index (κ2) is 24.6.